The summed E-state index contributed by atoms with van der Waals surface area (Å²) < 4.78 is 5.32. The Balaban J connectivity index is 2.46. The molecule has 4 heteroatoms. The smallest absolute Gasteiger partial charge is 0.239 e. The summed E-state index contributed by atoms with van der Waals surface area (Å²) in [5.74, 6) is -0.152. The molecule has 0 aromatic heterocycles. The Bertz CT molecular complexity index is 380. The fourth-order valence-electron chi connectivity index (χ4n) is 1.38. The van der Waals surface area contributed by atoms with Crippen LogP contribution in [0, 0.1) is 0 Å². The first-order chi connectivity index (χ1) is 8.43. The van der Waals surface area contributed by atoms with Crippen molar-refractivity contribution in [2.45, 2.75) is 39.5 Å². The molecule has 0 saturated carbocycles. The van der Waals surface area contributed by atoms with Crippen molar-refractivity contribution in [3.63, 3.8) is 0 Å². The topological polar surface area (TPSA) is 64.3 Å². The van der Waals surface area contributed by atoms with E-state index in [1.54, 1.807) is 13.8 Å². The van der Waals surface area contributed by atoms with Gasteiger partial charge in [-0.1, -0.05) is 24.3 Å². The Morgan fingerprint density at radius 2 is 1.83 bits per heavy atom. The first-order valence-corrected chi connectivity index (χ1v) is 6.16. The first kappa shape index (κ1) is 14.7. The van der Waals surface area contributed by atoms with Crippen LogP contribution in [-0.4, -0.2) is 18.1 Å². The van der Waals surface area contributed by atoms with E-state index in [0.29, 0.717) is 19.8 Å². The minimum Gasteiger partial charge on any atom is -0.377 e. The molecule has 0 bridgehead atoms. The molecule has 0 aliphatic heterocycles. The summed E-state index contributed by atoms with van der Waals surface area (Å²) in [5.41, 5.74) is 7.03. The number of nitrogens with two attached hydrogens (primary N) is 1. The van der Waals surface area contributed by atoms with E-state index in [1.165, 1.54) is 0 Å². The number of rotatable bonds is 6. The lowest BCUT2D eigenvalue weighted by Gasteiger charge is -2.17. The second kappa shape index (κ2) is 6.52. The van der Waals surface area contributed by atoms with Crippen LogP contribution in [0.5, 0.6) is 0 Å². The Morgan fingerprint density at radius 1 is 1.28 bits per heavy atom. The van der Waals surface area contributed by atoms with Crippen molar-refractivity contribution < 1.29 is 9.53 Å². The second-order valence-corrected chi connectivity index (χ2v) is 4.86. The summed E-state index contributed by atoms with van der Waals surface area (Å²) in [5, 5.41) is 2.81. The molecule has 3 N–H and O–H groups in total. The molecule has 1 rings (SSSR count). The molecule has 18 heavy (non-hydrogen) atoms. The van der Waals surface area contributed by atoms with E-state index in [1.807, 2.05) is 31.2 Å². The Hall–Kier alpha value is -1.39. The predicted octanol–water partition coefficient (Wildman–Crippen LogP) is 1.58. The molecule has 0 spiro atoms. The van der Waals surface area contributed by atoms with Crippen LogP contribution >= 0.6 is 0 Å². The number of nitrogens with one attached hydrogen (secondary N) is 1. The van der Waals surface area contributed by atoms with E-state index in [4.69, 9.17) is 10.5 Å². The molecule has 1 aromatic rings. The van der Waals surface area contributed by atoms with Gasteiger partial charge in [0.2, 0.25) is 5.91 Å². The molecule has 0 atom stereocenters. The lowest BCUT2D eigenvalue weighted by Crippen LogP contribution is -2.48. The van der Waals surface area contributed by atoms with Crippen LogP contribution < -0.4 is 11.1 Å². The highest BCUT2D eigenvalue weighted by atomic mass is 16.5. The SMILES string of the molecule is CCOCc1ccc(CNC(=O)C(C)(C)N)cc1. The summed E-state index contributed by atoms with van der Waals surface area (Å²) in [6.45, 7) is 7.18. The molecule has 0 saturated heterocycles. The molecular formula is C14H22N2O2. The standard InChI is InChI=1S/C14H22N2O2/c1-4-18-10-12-7-5-11(6-8-12)9-16-13(17)14(2,3)15/h5-8H,4,9-10,15H2,1-3H3,(H,16,17). The Kier molecular flexibility index (Phi) is 5.31. The quantitative estimate of drug-likeness (QED) is 0.805. The molecule has 0 radical (unpaired) electrons. The monoisotopic (exact) mass is 250 g/mol. The maximum absolute atomic E-state index is 11.6. The van der Waals surface area contributed by atoms with E-state index >= 15 is 0 Å². The summed E-state index contributed by atoms with van der Waals surface area (Å²) in [4.78, 5) is 11.6. The molecule has 1 amide bonds. The third-order valence-electron chi connectivity index (χ3n) is 2.53. The molecule has 0 unspecified atom stereocenters. The van der Waals surface area contributed by atoms with Crippen LogP contribution in [0.1, 0.15) is 31.9 Å². The van der Waals surface area contributed by atoms with Crippen molar-refractivity contribution in [1.82, 2.24) is 5.32 Å². The average molecular weight is 250 g/mol. The van der Waals surface area contributed by atoms with Crippen LogP contribution in [0.25, 0.3) is 0 Å². The van der Waals surface area contributed by atoms with Gasteiger partial charge in [0.05, 0.1) is 12.1 Å². The molecule has 4 nitrogen and oxygen atoms in total. The maximum atomic E-state index is 11.6. The predicted molar refractivity (Wildman–Crippen MR) is 71.9 cm³/mol. The number of ether oxygens (including phenoxy) is 1. The van der Waals surface area contributed by atoms with E-state index in [0.717, 1.165) is 11.1 Å². The zero-order chi connectivity index (χ0) is 13.6. The Labute approximate surface area is 109 Å². The number of hydrogen-bond acceptors (Lipinski definition) is 3. The van der Waals surface area contributed by atoms with Gasteiger partial charge in [0.25, 0.3) is 0 Å². The minimum absolute atomic E-state index is 0.152. The van der Waals surface area contributed by atoms with Crippen molar-refractivity contribution in [1.29, 1.82) is 0 Å². The number of amides is 1. The van der Waals surface area contributed by atoms with Gasteiger partial charge in [-0.25, -0.2) is 0 Å². The summed E-state index contributed by atoms with van der Waals surface area (Å²) in [6.07, 6.45) is 0. The Morgan fingerprint density at radius 3 is 2.33 bits per heavy atom. The van der Waals surface area contributed by atoms with Gasteiger partial charge >= 0.3 is 0 Å². The van der Waals surface area contributed by atoms with Gasteiger partial charge in [-0.3, -0.25) is 4.79 Å². The zero-order valence-corrected chi connectivity index (χ0v) is 11.3. The van der Waals surface area contributed by atoms with Gasteiger partial charge in [0.1, 0.15) is 0 Å². The third-order valence-corrected chi connectivity index (χ3v) is 2.53. The van der Waals surface area contributed by atoms with Gasteiger partial charge in [0.15, 0.2) is 0 Å². The van der Waals surface area contributed by atoms with Crippen molar-refractivity contribution in [3.05, 3.63) is 35.4 Å². The largest absolute Gasteiger partial charge is 0.377 e. The molecule has 100 valence electrons. The molecule has 0 aliphatic rings. The maximum Gasteiger partial charge on any atom is 0.239 e. The van der Waals surface area contributed by atoms with Crippen LogP contribution in [0.2, 0.25) is 0 Å². The zero-order valence-electron chi connectivity index (χ0n) is 11.3. The van der Waals surface area contributed by atoms with Crippen molar-refractivity contribution in [3.8, 4) is 0 Å². The molecule has 0 fully saturated rings. The van der Waals surface area contributed by atoms with E-state index in [9.17, 15) is 4.79 Å². The lowest BCUT2D eigenvalue weighted by molar-refractivity contribution is -0.125. The molecule has 1 aromatic carbocycles. The van der Waals surface area contributed by atoms with E-state index in [2.05, 4.69) is 5.32 Å². The molecule has 0 aliphatic carbocycles. The number of carbonyl (C=O) groups excluding carboxylic acids is 1. The fourth-order valence-corrected chi connectivity index (χ4v) is 1.38. The lowest BCUT2D eigenvalue weighted by atomic mass is 10.1. The van der Waals surface area contributed by atoms with Gasteiger partial charge < -0.3 is 15.8 Å². The third kappa shape index (κ3) is 4.85. The van der Waals surface area contributed by atoms with Crippen LogP contribution in [0.3, 0.4) is 0 Å². The van der Waals surface area contributed by atoms with Crippen LogP contribution in [0.4, 0.5) is 0 Å². The van der Waals surface area contributed by atoms with E-state index in [-0.39, 0.29) is 5.91 Å². The van der Waals surface area contributed by atoms with Gasteiger partial charge in [-0.15, -0.1) is 0 Å². The highest BCUT2D eigenvalue weighted by Gasteiger charge is 2.20. The van der Waals surface area contributed by atoms with Crippen LogP contribution in [0.15, 0.2) is 24.3 Å². The molecular weight excluding hydrogens is 228 g/mol. The number of benzene rings is 1. The average Bonchev–Trinajstić information content (AvgIpc) is 2.33. The number of carbonyl (C=O) groups is 1. The minimum atomic E-state index is -0.838. The summed E-state index contributed by atoms with van der Waals surface area (Å²) in [7, 11) is 0. The second-order valence-electron chi connectivity index (χ2n) is 4.86. The number of hydrogen-bond donors (Lipinski definition) is 2. The van der Waals surface area contributed by atoms with Gasteiger partial charge in [-0.05, 0) is 31.9 Å². The van der Waals surface area contributed by atoms with Crippen molar-refractivity contribution in [2.75, 3.05) is 6.61 Å². The first-order valence-electron chi connectivity index (χ1n) is 6.16. The molecule has 0 heterocycles. The highest BCUT2D eigenvalue weighted by molar-refractivity contribution is 5.84. The summed E-state index contributed by atoms with van der Waals surface area (Å²) >= 11 is 0. The van der Waals surface area contributed by atoms with Crippen LogP contribution in [-0.2, 0) is 22.7 Å². The fraction of sp³-hybridized carbons (Fsp3) is 0.500. The highest BCUT2D eigenvalue weighted by Crippen LogP contribution is 2.06. The normalized spacial score (nSPS) is 11.3. The summed E-state index contributed by atoms with van der Waals surface area (Å²) in [6, 6.07) is 7.98. The van der Waals surface area contributed by atoms with Gasteiger partial charge in [0, 0.05) is 13.2 Å². The van der Waals surface area contributed by atoms with Crippen molar-refractivity contribution in [2.24, 2.45) is 5.73 Å². The van der Waals surface area contributed by atoms with Crippen molar-refractivity contribution >= 4 is 5.91 Å². The van der Waals surface area contributed by atoms with E-state index < -0.39 is 5.54 Å². The van der Waals surface area contributed by atoms with Gasteiger partial charge in [-0.2, -0.15) is 0 Å².